The lowest BCUT2D eigenvalue weighted by Crippen LogP contribution is -2.32. The summed E-state index contributed by atoms with van der Waals surface area (Å²) in [4.78, 5) is 1.79. The van der Waals surface area contributed by atoms with Crippen LogP contribution in [0.15, 0.2) is 0 Å². The van der Waals surface area contributed by atoms with Crippen molar-refractivity contribution in [2.75, 3.05) is 39.5 Å². The minimum atomic E-state index is 0.0694. The second kappa shape index (κ2) is 23.1. The van der Waals surface area contributed by atoms with Crippen molar-refractivity contribution < 1.29 is 15.3 Å². The van der Waals surface area contributed by atoms with E-state index in [-0.39, 0.29) is 19.8 Å². The number of nitrogens with zero attached hydrogens (tertiary/aromatic N) is 1. The van der Waals surface area contributed by atoms with Crippen LogP contribution >= 0.6 is 0 Å². The normalized spacial score (nSPS) is 10.6. The van der Waals surface area contributed by atoms with E-state index in [9.17, 15) is 0 Å². The highest BCUT2D eigenvalue weighted by molar-refractivity contribution is 4.54. The third kappa shape index (κ3) is 22.1. The molecule has 4 heteroatoms. The van der Waals surface area contributed by atoms with E-state index in [0.29, 0.717) is 19.6 Å². The first-order valence-electron chi connectivity index (χ1n) is 9.31. The molecule has 0 unspecified atom stereocenters. The molecule has 0 rings (SSSR count). The van der Waals surface area contributed by atoms with Crippen molar-refractivity contribution in [2.24, 2.45) is 0 Å². The Kier molecular flexibility index (Phi) is 25.3. The predicted molar refractivity (Wildman–Crippen MR) is 95.2 cm³/mol. The third-order valence-electron chi connectivity index (χ3n) is 3.71. The maximum atomic E-state index is 8.48. The molecule has 0 saturated carbocycles. The van der Waals surface area contributed by atoms with Crippen LogP contribution in [-0.2, 0) is 0 Å². The van der Waals surface area contributed by atoms with E-state index in [1.54, 1.807) is 4.90 Å². The largest absolute Gasteiger partial charge is 0.395 e. The van der Waals surface area contributed by atoms with Gasteiger partial charge in [-0.3, -0.25) is 4.90 Å². The number of hydrogen-bond acceptors (Lipinski definition) is 4. The Morgan fingerprint density at radius 3 is 1.00 bits per heavy atom. The Balaban J connectivity index is 0. The van der Waals surface area contributed by atoms with Gasteiger partial charge in [0.15, 0.2) is 0 Å². The standard InChI is InChI=1S/C12H26.C6H15NO3/c1-3-5-7-9-11-12-10-8-6-4-2;8-4-1-7(2-5-9)3-6-10/h3-12H2,1-2H3;8-10H,1-6H2. The fraction of sp³-hybridized carbons (Fsp3) is 1.00. The van der Waals surface area contributed by atoms with Crippen molar-refractivity contribution in [2.45, 2.75) is 78.1 Å². The van der Waals surface area contributed by atoms with Gasteiger partial charge in [0.2, 0.25) is 0 Å². The summed E-state index contributed by atoms with van der Waals surface area (Å²) in [5.74, 6) is 0. The van der Waals surface area contributed by atoms with Crippen LogP contribution in [0, 0.1) is 0 Å². The van der Waals surface area contributed by atoms with Crippen molar-refractivity contribution >= 4 is 0 Å². The molecule has 0 aromatic heterocycles. The van der Waals surface area contributed by atoms with Gasteiger partial charge in [-0.1, -0.05) is 78.1 Å². The van der Waals surface area contributed by atoms with Crippen LogP contribution in [0.5, 0.6) is 0 Å². The highest BCUT2D eigenvalue weighted by Crippen LogP contribution is 2.09. The zero-order valence-electron chi connectivity index (χ0n) is 15.1. The van der Waals surface area contributed by atoms with Crippen LogP contribution in [-0.4, -0.2) is 59.7 Å². The quantitative estimate of drug-likeness (QED) is 0.406. The fourth-order valence-corrected chi connectivity index (χ4v) is 2.32. The van der Waals surface area contributed by atoms with Crippen LogP contribution in [0.4, 0.5) is 0 Å². The third-order valence-corrected chi connectivity index (χ3v) is 3.71. The van der Waals surface area contributed by atoms with E-state index in [4.69, 9.17) is 15.3 Å². The second-order valence-corrected chi connectivity index (χ2v) is 5.84. The van der Waals surface area contributed by atoms with Crippen molar-refractivity contribution in [3.8, 4) is 0 Å². The van der Waals surface area contributed by atoms with E-state index in [2.05, 4.69) is 13.8 Å². The fourth-order valence-electron chi connectivity index (χ4n) is 2.32. The lowest BCUT2D eigenvalue weighted by molar-refractivity contribution is 0.136. The van der Waals surface area contributed by atoms with Gasteiger partial charge in [-0.25, -0.2) is 0 Å². The first-order chi connectivity index (χ1) is 10.8. The number of rotatable bonds is 15. The maximum absolute atomic E-state index is 8.48. The van der Waals surface area contributed by atoms with Gasteiger partial charge in [-0.05, 0) is 0 Å². The number of aliphatic hydroxyl groups is 3. The van der Waals surface area contributed by atoms with Gasteiger partial charge >= 0.3 is 0 Å². The zero-order chi connectivity index (χ0) is 16.9. The highest BCUT2D eigenvalue weighted by atomic mass is 16.3. The van der Waals surface area contributed by atoms with Gasteiger partial charge in [0, 0.05) is 19.6 Å². The molecule has 136 valence electrons. The molecular weight excluding hydrogens is 278 g/mol. The Hall–Kier alpha value is -0.160. The minimum Gasteiger partial charge on any atom is -0.395 e. The molecular formula is C18H41NO3. The van der Waals surface area contributed by atoms with Crippen LogP contribution < -0.4 is 0 Å². The van der Waals surface area contributed by atoms with Gasteiger partial charge in [0.05, 0.1) is 19.8 Å². The van der Waals surface area contributed by atoms with E-state index in [1.165, 1.54) is 64.2 Å². The summed E-state index contributed by atoms with van der Waals surface area (Å²) >= 11 is 0. The first-order valence-corrected chi connectivity index (χ1v) is 9.31. The van der Waals surface area contributed by atoms with Crippen LogP contribution in [0.3, 0.4) is 0 Å². The second-order valence-electron chi connectivity index (χ2n) is 5.84. The van der Waals surface area contributed by atoms with E-state index in [1.807, 2.05) is 0 Å². The molecule has 0 heterocycles. The van der Waals surface area contributed by atoms with Crippen molar-refractivity contribution in [1.29, 1.82) is 0 Å². The van der Waals surface area contributed by atoms with Crippen LogP contribution in [0.25, 0.3) is 0 Å². The molecule has 0 aromatic carbocycles. The molecule has 0 aromatic rings. The van der Waals surface area contributed by atoms with Crippen molar-refractivity contribution in [1.82, 2.24) is 4.90 Å². The van der Waals surface area contributed by atoms with Crippen molar-refractivity contribution in [3.63, 3.8) is 0 Å². The van der Waals surface area contributed by atoms with E-state index >= 15 is 0 Å². The summed E-state index contributed by atoms with van der Waals surface area (Å²) in [6.45, 7) is 6.31. The lowest BCUT2D eigenvalue weighted by atomic mass is 10.1. The van der Waals surface area contributed by atoms with Crippen LogP contribution in [0.1, 0.15) is 78.1 Å². The maximum Gasteiger partial charge on any atom is 0.0558 e. The molecule has 0 bridgehead atoms. The summed E-state index contributed by atoms with van der Waals surface area (Å²) < 4.78 is 0. The first kappa shape index (κ1) is 24.1. The molecule has 0 aliphatic carbocycles. The Labute approximate surface area is 138 Å². The molecule has 0 amide bonds. The summed E-state index contributed by atoms with van der Waals surface area (Å²) in [5.41, 5.74) is 0. The lowest BCUT2D eigenvalue weighted by Gasteiger charge is -2.17. The van der Waals surface area contributed by atoms with Gasteiger partial charge in [-0.2, -0.15) is 0 Å². The molecule has 4 nitrogen and oxygen atoms in total. The molecule has 0 radical (unpaired) electrons. The zero-order valence-corrected chi connectivity index (χ0v) is 15.1. The monoisotopic (exact) mass is 319 g/mol. The number of aliphatic hydroxyl groups excluding tert-OH is 3. The van der Waals surface area contributed by atoms with Crippen LogP contribution in [0.2, 0.25) is 0 Å². The van der Waals surface area contributed by atoms with Crippen molar-refractivity contribution in [3.05, 3.63) is 0 Å². The summed E-state index contributed by atoms with van der Waals surface area (Å²) in [6, 6.07) is 0. The molecule has 0 aliphatic heterocycles. The number of hydrogen-bond donors (Lipinski definition) is 3. The Bertz CT molecular complexity index is 155. The molecule has 0 saturated heterocycles. The van der Waals surface area contributed by atoms with E-state index in [0.717, 1.165) is 0 Å². The minimum absolute atomic E-state index is 0.0694. The highest BCUT2D eigenvalue weighted by Gasteiger charge is 2.00. The molecule has 0 atom stereocenters. The average molecular weight is 320 g/mol. The van der Waals surface area contributed by atoms with Gasteiger partial charge in [-0.15, -0.1) is 0 Å². The average Bonchev–Trinajstić information content (AvgIpc) is 2.51. The Morgan fingerprint density at radius 2 is 0.773 bits per heavy atom. The smallest absolute Gasteiger partial charge is 0.0558 e. The van der Waals surface area contributed by atoms with E-state index < -0.39 is 0 Å². The molecule has 0 fully saturated rings. The topological polar surface area (TPSA) is 63.9 Å². The molecule has 3 N–H and O–H groups in total. The SMILES string of the molecule is CCCCCCCCCCCC.OCCN(CCO)CCO. The summed E-state index contributed by atoms with van der Waals surface area (Å²) in [6.07, 6.45) is 14.4. The molecule has 0 aliphatic rings. The van der Waals surface area contributed by atoms with Gasteiger partial charge < -0.3 is 15.3 Å². The number of unbranched alkanes of at least 4 members (excludes halogenated alkanes) is 9. The summed E-state index contributed by atoms with van der Waals surface area (Å²) in [5, 5.41) is 25.5. The van der Waals surface area contributed by atoms with Gasteiger partial charge in [0.1, 0.15) is 0 Å². The predicted octanol–water partition coefficient (Wildman–Crippen LogP) is 3.19. The Morgan fingerprint density at radius 1 is 0.500 bits per heavy atom. The molecule has 0 spiro atoms. The summed E-state index contributed by atoms with van der Waals surface area (Å²) in [7, 11) is 0. The van der Waals surface area contributed by atoms with Gasteiger partial charge in [0.25, 0.3) is 0 Å². The molecule has 22 heavy (non-hydrogen) atoms.